The van der Waals surface area contributed by atoms with Crippen molar-refractivity contribution in [2.24, 2.45) is 5.73 Å². The Hall–Kier alpha value is -2.08. The Morgan fingerprint density at radius 1 is 1.21 bits per heavy atom. The minimum Gasteiger partial charge on any atom is -0.460 e. The van der Waals surface area contributed by atoms with Gasteiger partial charge in [-0.25, -0.2) is 13.2 Å². The number of hydrogen-bond donors (Lipinski definition) is 1. The average Bonchev–Trinajstić information content (AvgIpc) is 2.41. The molecular formula is C13H11F3N2O. The predicted molar refractivity (Wildman–Crippen MR) is 63.2 cm³/mol. The van der Waals surface area contributed by atoms with E-state index in [1.54, 1.807) is 0 Å². The molecule has 1 aromatic heterocycles. The van der Waals surface area contributed by atoms with Crippen LogP contribution in [0.1, 0.15) is 17.3 Å². The number of ether oxygens (including phenoxy) is 1. The SMILES string of the molecule is N[C@@H](c1ccc(OCF)c(F)c1)c1ncccc1F. The Bertz CT molecular complexity index is 578. The highest BCUT2D eigenvalue weighted by Gasteiger charge is 2.16. The molecule has 0 bridgehead atoms. The van der Waals surface area contributed by atoms with E-state index in [-0.39, 0.29) is 11.4 Å². The number of hydrogen-bond acceptors (Lipinski definition) is 3. The van der Waals surface area contributed by atoms with Gasteiger partial charge in [0.05, 0.1) is 11.7 Å². The Kier molecular flexibility index (Phi) is 4.01. The van der Waals surface area contributed by atoms with Crippen molar-refractivity contribution in [2.45, 2.75) is 6.04 Å². The van der Waals surface area contributed by atoms with Gasteiger partial charge >= 0.3 is 0 Å². The van der Waals surface area contributed by atoms with Crippen molar-refractivity contribution < 1.29 is 17.9 Å². The zero-order chi connectivity index (χ0) is 13.8. The van der Waals surface area contributed by atoms with E-state index in [0.717, 1.165) is 6.07 Å². The minimum absolute atomic E-state index is 0.0149. The molecule has 0 spiro atoms. The highest BCUT2D eigenvalue weighted by molar-refractivity contribution is 5.34. The molecule has 0 radical (unpaired) electrons. The molecule has 0 amide bonds. The van der Waals surface area contributed by atoms with E-state index in [1.807, 2.05) is 0 Å². The summed E-state index contributed by atoms with van der Waals surface area (Å²) in [5, 5.41) is 0. The molecular weight excluding hydrogens is 257 g/mol. The molecule has 0 aliphatic rings. The van der Waals surface area contributed by atoms with Crippen molar-refractivity contribution in [3.63, 3.8) is 0 Å². The van der Waals surface area contributed by atoms with Crippen molar-refractivity contribution in [3.05, 3.63) is 59.4 Å². The molecule has 0 aliphatic carbocycles. The third-order valence-electron chi connectivity index (χ3n) is 2.61. The fourth-order valence-corrected chi connectivity index (χ4v) is 1.67. The van der Waals surface area contributed by atoms with Crippen LogP contribution in [0.5, 0.6) is 5.75 Å². The van der Waals surface area contributed by atoms with Gasteiger partial charge in [0.2, 0.25) is 6.86 Å². The van der Waals surface area contributed by atoms with Gasteiger partial charge in [-0.15, -0.1) is 0 Å². The van der Waals surface area contributed by atoms with Crippen LogP contribution in [0.4, 0.5) is 13.2 Å². The van der Waals surface area contributed by atoms with E-state index >= 15 is 0 Å². The molecule has 19 heavy (non-hydrogen) atoms. The van der Waals surface area contributed by atoms with Gasteiger partial charge in [0.25, 0.3) is 0 Å². The van der Waals surface area contributed by atoms with E-state index in [9.17, 15) is 13.2 Å². The molecule has 0 saturated heterocycles. The average molecular weight is 268 g/mol. The number of halogens is 3. The lowest BCUT2D eigenvalue weighted by Gasteiger charge is -2.13. The van der Waals surface area contributed by atoms with Crippen LogP contribution >= 0.6 is 0 Å². The molecule has 0 unspecified atom stereocenters. The molecule has 1 atom stereocenters. The molecule has 0 fully saturated rings. The number of rotatable bonds is 4. The molecule has 2 rings (SSSR count). The summed E-state index contributed by atoms with van der Waals surface area (Å²) in [7, 11) is 0. The Morgan fingerprint density at radius 3 is 2.63 bits per heavy atom. The standard InChI is InChI=1S/C13H11F3N2O/c14-7-19-11-4-3-8(6-10(11)16)12(17)13-9(15)2-1-5-18-13/h1-6,12H,7,17H2/t12-/m0/s1. The molecule has 2 aromatic rings. The highest BCUT2D eigenvalue weighted by atomic mass is 19.1. The van der Waals surface area contributed by atoms with Gasteiger partial charge in [0.15, 0.2) is 11.6 Å². The maximum absolute atomic E-state index is 13.6. The van der Waals surface area contributed by atoms with Crippen LogP contribution in [0.25, 0.3) is 0 Å². The Balaban J connectivity index is 2.32. The van der Waals surface area contributed by atoms with Crippen LogP contribution < -0.4 is 10.5 Å². The van der Waals surface area contributed by atoms with Gasteiger partial charge in [-0.1, -0.05) is 6.07 Å². The zero-order valence-corrected chi connectivity index (χ0v) is 9.82. The van der Waals surface area contributed by atoms with Gasteiger partial charge in [0.1, 0.15) is 5.82 Å². The fraction of sp³-hybridized carbons (Fsp3) is 0.154. The Morgan fingerprint density at radius 2 is 2.00 bits per heavy atom. The van der Waals surface area contributed by atoms with Crippen molar-refractivity contribution in [1.82, 2.24) is 4.98 Å². The molecule has 1 aromatic carbocycles. The highest BCUT2D eigenvalue weighted by Crippen LogP contribution is 2.25. The maximum Gasteiger partial charge on any atom is 0.228 e. The molecule has 0 aliphatic heterocycles. The normalized spacial score (nSPS) is 12.2. The zero-order valence-electron chi connectivity index (χ0n) is 9.82. The van der Waals surface area contributed by atoms with Crippen LogP contribution in [-0.4, -0.2) is 11.8 Å². The summed E-state index contributed by atoms with van der Waals surface area (Å²) < 4.78 is 43.5. The molecule has 2 N–H and O–H groups in total. The van der Waals surface area contributed by atoms with Gasteiger partial charge < -0.3 is 10.5 Å². The maximum atomic E-state index is 13.6. The lowest BCUT2D eigenvalue weighted by Crippen LogP contribution is -2.15. The number of nitrogens with two attached hydrogens (primary N) is 1. The van der Waals surface area contributed by atoms with Crippen LogP contribution in [0.15, 0.2) is 36.5 Å². The first-order valence-corrected chi connectivity index (χ1v) is 5.47. The van der Waals surface area contributed by atoms with Crippen molar-refractivity contribution in [2.75, 3.05) is 6.86 Å². The summed E-state index contributed by atoms with van der Waals surface area (Å²) in [6.45, 7) is -1.13. The molecule has 6 heteroatoms. The summed E-state index contributed by atoms with van der Waals surface area (Å²) in [6, 6.07) is 5.50. The molecule has 3 nitrogen and oxygen atoms in total. The number of alkyl halides is 1. The lowest BCUT2D eigenvalue weighted by atomic mass is 10.0. The van der Waals surface area contributed by atoms with E-state index in [1.165, 1.54) is 30.5 Å². The first-order valence-electron chi connectivity index (χ1n) is 5.47. The van der Waals surface area contributed by atoms with Gasteiger partial charge in [0, 0.05) is 6.20 Å². The molecule has 100 valence electrons. The van der Waals surface area contributed by atoms with Crippen LogP contribution in [0.2, 0.25) is 0 Å². The summed E-state index contributed by atoms with van der Waals surface area (Å²) in [5.41, 5.74) is 6.16. The minimum atomic E-state index is -1.13. The summed E-state index contributed by atoms with van der Waals surface area (Å²) >= 11 is 0. The fourth-order valence-electron chi connectivity index (χ4n) is 1.67. The third-order valence-corrected chi connectivity index (χ3v) is 2.61. The number of nitrogens with zero attached hydrogens (tertiary/aromatic N) is 1. The summed E-state index contributed by atoms with van der Waals surface area (Å²) in [4.78, 5) is 3.83. The predicted octanol–water partition coefficient (Wildman–Crippen LogP) is 2.71. The topological polar surface area (TPSA) is 48.1 Å². The quantitative estimate of drug-likeness (QED) is 0.927. The first-order chi connectivity index (χ1) is 9.13. The largest absolute Gasteiger partial charge is 0.460 e. The second-order valence-electron chi connectivity index (χ2n) is 3.79. The lowest BCUT2D eigenvalue weighted by molar-refractivity contribution is 0.184. The second-order valence-corrected chi connectivity index (χ2v) is 3.79. The second kappa shape index (κ2) is 5.71. The summed E-state index contributed by atoms with van der Waals surface area (Å²) in [6.07, 6.45) is 1.40. The Labute approximate surface area is 107 Å². The van der Waals surface area contributed by atoms with Gasteiger partial charge in [-0.05, 0) is 29.8 Å². The van der Waals surface area contributed by atoms with Gasteiger partial charge in [-0.2, -0.15) is 0 Å². The van der Waals surface area contributed by atoms with E-state index in [4.69, 9.17) is 5.73 Å². The number of benzene rings is 1. The van der Waals surface area contributed by atoms with Crippen molar-refractivity contribution in [3.8, 4) is 5.75 Å². The first kappa shape index (κ1) is 13.4. The number of aromatic nitrogens is 1. The van der Waals surface area contributed by atoms with Crippen molar-refractivity contribution >= 4 is 0 Å². The third kappa shape index (κ3) is 2.85. The summed E-state index contributed by atoms with van der Waals surface area (Å²) in [5.74, 6) is -1.55. The smallest absolute Gasteiger partial charge is 0.228 e. The molecule has 1 heterocycles. The van der Waals surface area contributed by atoms with E-state index in [2.05, 4.69) is 9.72 Å². The monoisotopic (exact) mass is 268 g/mol. The van der Waals surface area contributed by atoms with Crippen molar-refractivity contribution in [1.29, 1.82) is 0 Å². The van der Waals surface area contributed by atoms with Gasteiger partial charge in [-0.3, -0.25) is 4.98 Å². The molecule has 0 saturated carbocycles. The number of pyridine rings is 1. The van der Waals surface area contributed by atoms with Crippen LogP contribution in [0, 0.1) is 11.6 Å². The van der Waals surface area contributed by atoms with Crippen LogP contribution in [0.3, 0.4) is 0 Å². The van der Waals surface area contributed by atoms with E-state index in [0.29, 0.717) is 5.56 Å². The van der Waals surface area contributed by atoms with Crippen LogP contribution in [-0.2, 0) is 0 Å². The van der Waals surface area contributed by atoms with E-state index < -0.39 is 24.5 Å².